The third-order valence-corrected chi connectivity index (χ3v) is 4.76. The number of benzene rings is 1. The average Bonchev–Trinajstić information content (AvgIpc) is 2.74. The van der Waals surface area contributed by atoms with Gasteiger partial charge in [0.25, 0.3) is 0 Å². The van der Waals surface area contributed by atoms with Gasteiger partial charge in [0.1, 0.15) is 0 Å². The Hall–Kier alpha value is -1.51. The lowest BCUT2D eigenvalue weighted by Gasteiger charge is -2.32. The second-order valence-electron chi connectivity index (χ2n) is 6.23. The van der Waals surface area contributed by atoms with E-state index in [1.807, 2.05) is 12.1 Å². The summed E-state index contributed by atoms with van der Waals surface area (Å²) in [5.74, 6) is 0.639. The number of carbonyl (C=O) groups excluding carboxylic acids is 1. The van der Waals surface area contributed by atoms with Crippen LogP contribution < -0.4 is 5.73 Å². The number of hydrogen-bond donors (Lipinski definition) is 1. The second kappa shape index (κ2) is 5.86. The predicted octanol–water partition coefficient (Wildman–Crippen LogP) is 3.12. The fourth-order valence-electron chi connectivity index (χ4n) is 3.55. The van der Waals surface area contributed by atoms with Gasteiger partial charge in [0.15, 0.2) is 0 Å². The molecule has 20 heavy (non-hydrogen) atoms. The molecule has 2 aliphatic rings. The van der Waals surface area contributed by atoms with Gasteiger partial charge in [-0.15, -0.1) is 0 Å². The largest absolute Gasteiger partial charge is 0.399 e. The molecule has 108 valence electrons. The van der Waals surface area contributed by atoms with Gasteiger partial charge in [-0.1, -0.05) is 31.7 Å². The van der Waals surface area contributed by atoms with Gasteiger partial charge < -0.3 is 10.6 Å². The molecule has 0 aromatic heterocycles. The van der Waals surface area contributed by atoms with E-state index < -0.39 is 0 Å². The molecule has 1 aliphatic carbocycles. The van der Waals surface area contributed by atoms with E-state index in [1.165, 1.54) is 36.8 Å². The highest BCUT2D eigenvalue weighted by Crippen LogP contribution is 2.28. The van der Waals surface area contributed by atoms with E-state index in [9.17, 15) is 4.79 Å². The molecule has 0 spiro atoms. The number of carbonyl (C=O) groups is 1. The summed E-state index contributed by atoms with van der Waals surface area (Å²) >= 11 is 0. The van der Waals surface area contributed by atoms with E-state index in [0.29, 0.717) is 5.91 Å². The lowest BCUT2D eigenvalue weighted by atomic mass is 9.95. The molecule has 1 aromatic rings. The van der Waals surface area contributed by atoms with Crippen molar-refractivity contribution in [3.05, 3.63) is 29.3 Å². The van der Waals surface area contributed by atoms with Crippen LogP contribution >= 0.6 is 0 Å². The van der Waals surface area contributed by atoms with Gasteiger partial charge in [0, 0.05) is 24.7 Å². The molecule has 0 bridgehead atoms. The van der Waals surface area contributed by atoms with Crippen LogP contribution in [0.5, 0.6) is 0 Å². The van der Waals surface area contributed by atoms with Crippen LogP contribution in [-0.4, -0.2) is 17.4 Å². The Morgan fingerprint density at radius 2 is 1.85 bits per heavy atom. The third kappa shape index (κ3) is 2.82. The highest BCUT2D eigenvalue weighted by Gasteiger charge is 2.27. The first-order chi connectivity index (χ1) is 9.74. The number of rotatable bonds is 1. The number of amides is 1. The molecule has 3 nitrogen and oxygen atoms in total. The Morgan fingerprint density at radius 1 is 1.10 bits per heavy atom. The summed E-state index contributed by atoms with van der Waals surface area (Å²) < 4.78 is 0. The van der Waals surface area contributed by atoms with Crippen molar-refractivity contribution in [2.24, 2.45) is 5.92 Å². The minimum absolute atomic E-state index is 0.264. The van der Waals surface area contributed by atoms with Crippen LogP contribution in [0.25, 0.3) is 0 Å². The van der Waals surface area contributed by atoms with Crippen molar-refractivity contribution in [1.82, 2.24) is 4.90 Å². The molecule has 1 aromatic carbocycles. The number of nitrogen functional groups attached to an aromatic ring is 1. The highest BCUT2D eigenvalue weighted by molar-refractivity contribution is 5.79. The van der Waals surface area contributed by atoms with Gasteiger partial charge in [-0.3, -0.25) is 4.79 Å². The van der Waals surface area contributed by atoms with E-state index >= 15 is 0 Å². The van der Waals surface area contributed by atoms with E-state index in [0.717, 1.165) is 38.0 Å². The topological polar surface area (TPSA) is 46.3 Å². The van der Waals surface area contributed by atoms with Crippen LogP contribution in [-0.2, 0) is 17.8 Å². The SMILES string of the molecule is Nc1ccc2c(c1)CN(C(=O)C1CCCCCC1)CC2. The van der Waals surface area contributed by atoms with Crippen molar-refractivity contribution in [2.75, 3.05) is 12.3 Å². The van der Waals surface area contributed by atoms with Crippen LogP contribution in [0.1, 0.15) is 49.7 Å². The average molecular weight is 272 g/mol. The number of anilines is 1. The number of hydrogen-bond acceptors (Lipinski definition) is 2. The smallest absolute Gasteiger partial charge is 0.225 e. The van der Waals surface area contributed by atoms with Gasteiger partial charge in [0.2, 0.25) is 5.91 Å². The van der Waals surface area contributed by atoms with Gasteiger partial charge in [-0.2, -0.15) is 0 Å². The fourth-order valence-corrected chi connectivity index (χ4v) is 3.55. The Balaban J connectivity index is 1.70. The van der Waals surface area contributed by atoms with Crippen LogP contribution in [0, 0.1) is 5.92 Å². The monoisotopic (exact) mass is 272 g/mol. The van der Waals surface area contributed by atoms with Crippen molar-refractivity contribution in [2.45, 2.75) is 51.5 Å². The van der Waals surface area contributed by atoms with Crippen LogP contribution in [0.3, 0.4) is 0 Å². The first kappa shape index (κ1) is 13.5. The van der Waals surface area contributed by atoms with Crippen molar-refractivity contribution in [1.29, 1.82) is 0 Å². The summed E-state index contributed by atoms with van der Waals surface area (Å²) in [6.07, 6.45) is 8.15. The Kier molecular flexibility index (Phi) is 3.95. The minimum atomic E-state index is 0.264. The maximum atomic E-state index is 12.7. The molecule has 2 N–H and O–H groups in total. The van der Waals surface area contributed by atoms with Crippen molar-refractivity contribution < 1.29 is 4.79 Å². The van der Waals surface area contributed by atoms with Gasteiger partial charge >= 0.3 is 0 Å². The van der Waals surface area contributed by atoms with Crippen LogP contribution in [0.4, 0.5) is 5.69 Å². The lowest BCUT2D eigenvalue weighted by Crippen LogP contribution is -2.39. The molecule has 0 unspecified atom stereocenters. The Bertz CT molecular complexity index is 490. The van der Waals surface area contributed by atoms with Crippen LogP contribution in [0.15, 0.2) is 18.2 Å². The molecule has 0 saturated heterocycles. The maximum Gasteiger partial charge on any atom is 0.225 e. The Morgan fingerprint density at radius 3 is 2.60 bits per heavy atom. The first-order valence-electron chi connectivity index (χ1n) is 7.90. The Labute approximate surface area is 121 Å². The third-order valence-electron chi connectivity index (χ3n) is 4.76. The summed E-state index contributed by atoms with van der Waals surface area (Å²) in [6.45, 7) is 1.61. The summed E-state index contributed by atoms with van der Waals surface area (Å²) in [5.41, 5.74) is 9.25. The minimum Gasteiger partial charge on any atom is -0.399 e. The molecule has 0 radical (unpaired) electrons. The predicted molar refractivity (Wildman–Crippen MR) is 81.2 cm³/mol. The van der Waals surface area contributed by atoms with Gasteiger partial charge in [-0.25, -0.2) is 0 Å². The van der Waals surface area contributed by atoms with Gasteiger partial charge in [-0.05, 0) is 42.5 Å². The standard InChI is InChI=1S/C17H24N2O/c18-16-8-7-13-9-10-19(12-15(13)11-16)17(20)14-5-3-1-2-4-6-14/h7-8,11,14H,1-6,9-10,12,18H2. The molecular weight excluding hydrogens is 248 g/mol. The zero-order chi connectivity index (χ0) is 13.9. The summed E-state index contributed by atoms with van der Waals surface area (Å²) in [4.78, 5) is 14.7. The molecule has 1 amide bonds. The van der Waals surface area contributed by atoms with E-state index in [2.05, 4.69) is 11.0 Å². The molecule has 1 saturated carbocycles. The number of fused-ring (bicyclic) bond motifs is 1. The normalized spacial score (nSPS) is 20.3. The maximum absolute atomic E-state index is 12.7. The van der Waals surface area contributed by atoms with Crippen molar-refractivity contribution >= 4 is 11.6 Å². The molecule has 1 fully saturated rings. The molecule has 3 rings (SSSR count). The quantitative estimate of drug-likeness (QED) is 0.630. The van der Waals surface area contributed by atoms with Crippen molar-refractivity contribution in [3.8, 4) is 0 Å². The number of nitrogens with zero attached hydrogens (tertiary/aromatic N) is 1. The summed E-state index contributed by atoms with van der Waals surface area (Å²) in [7, 11) is 0. The number of nitrogens with two attached hydrogens (primary N) is 1. The first-order valence-corrected chi connectivity index (χ1v) is 7.90. The second-order valence-corrected chi connectivity index (χ2v) is 6.23. The molecule has 3 heteroatoms. The van der Waals surface area contributed by atoms with E-state index in [4.69, 9.17) is 5.73 Å². The lowest BCUT2D eigenvalue weighted by molar-refractivity contribution is -0.136. The van der Waals surface area contributed by atoms with Crippen LogP contribution in [0.2, 0.25) is 0 Å². The zero-order valence-electron chi connectivity index (χ0n) is 12.1. The molecule has 1 heterocycles. The molecule has 1 aliphatic heterocycles. The zero-order valence-corrected chi connectivity index (χ0v) is 12.1. The fraction of sp³-hybridized carbons (Fsp3) is 0.588. The van der Waals surface area contributed by atoms with E-state index in [-0.39, 0.29) is 5.92 Å². The summed E-state index contributed by atoms with van der Waals surface area (Å²) in [5, 5.41) is 0. The van der Waals surface area contributed by atoms with Gasteiger partial charge in [0.05, 0.1) is 0 Å². The molecule has 0 atom stereocenters. The summed E-state index contributed by atoms with van der Waals surface area (Å²) in [6, 6.07) is 6.10. The van der Waals surface area contributed by atoms with Crippen molar-refractivity contribution in [3.63, 3.8) is 0 Å². The van der Waals surface area contributed by atoms with E-state index in [1.54, 1.807) is 0 Å². The highest BCUT2D eigenvalue weighted by atomic mass is 16.2. The molecular formula is C17H24N2O.